The van der Waals surface area contributed by atoms with E-state index in [0.29, 0.717) is 19.4 Å². The molecule has 1 aromatic carbocycles. The van der Waals surface area contributed by atoms with Crippen LogP contribution in [0.1, 0.15) is 70.8 Å². The summed E-state index contributed by atoms with van der Waals surface area (Å²) in [4.78, 5) is 0. The van der Waals surface area contributed by atoms with Gasteiger partial charge in [0.2, 0.25) is 0 Å². The maximum absolute atomic E-state index is 11.2. The monoisotopic (exact) mass is 454 g/mol. The fourth-order valence-corrected chi connectivity index (χ4v) is 5.14. The van der Waals surface area contributed by atoms with Crippen molar-refractivity contribution in [2.75, 3.05) is 0 Å². The van der Waals surface area contributed by atoms with Crippen LogP contribution in [0.3, 0.4) is 0 Å². The third-order valence-corrected chi connectivity index (χ3v) is 7.00. The Morgan fingerprint density at radius 2 is 1.88 bits per heavy atom. The summed E-state index contributed by atoms with van der Waals surface area (Å²) in [5.74, 6) is 0.0252. The Bertz CT molecular complexity index is 797. The third kappa shape index (κ3) is 7.92. The fraction of sp³-hybridized carbons (Fsp3) is 0.586. The molecule has 1 unspecified atom stereocenters. The van der Waals surface area contributed by atoms with Gasteiger partial charge in [-0.25, -0.2) is 0 Å². The Labute approximate surface area is 199 Å². The van der Waals surface area contributed by atoms with Crippen LogP contribution in [0, 0.1) is 11.8 Å². The minimum Gasteiger partial charge on any atom is -0.390 e. The van der Waals surface area contributed by atoms with Crippen LogP contribution in [0.2, 0.25) is 0 Å². The van der Waals surface area contributed by atoms with Crippen LogP contribution in [0.15, 0.2) is 65.8 Å². The first-order valence-electron chi connectivity index (χ1n) is 12.7. The van der Waals surface area contributed by atoms with Crippen LogP contribution in [0.25, 0.3) is 0 Å². The molecule has 0 spiro atoms. The average Bonchev–Trinajstić information content (AvgIpc) is 3.19. The summed E-state index contributed by atoms with van der Waals surface area (Å²) in [5.41, 5.74) is 3.30. The van der Waals surface area contributed by atoms with E-state index in [-0.39, 0.29) is 17.9 Å². The van der Waals surface area contributed by atoms with Crippen molar-refractivity contribution in [3.8, 4) is 0 Å². The Morgan fingerprint density at radius 3 is 2.64 bits per heavy atom. The van der Waals surface area contributed by atoms with Crippen molar-refractivity contribution >= 4 is 0 Å². The highest BCUT2D eigenvalue weighted by Gasteiger charge is 2.43. The average molecular weight is 455 g/mol. The molecule has 33 heavy (non-hydrogen) atoms. The van der Waals surface area contributed by atoms with Gasteiger partial charge in [0.05, 0.1) is 31.0 Å². The number of allylic oxidation sites excluding steroid dienone is 2. The van der Waals surface area contributed by atoms with Gasteiger partial charge in [0, 0.05) is 5.92 Å². The molecule has 4 nitrogen and oxygen atoms in total. The van der Waals surface area contributed by atoms with Crippen LogP contribution in [-0.2, 0) is 11.3 Å². The number of ether oxygens (including phenoxy) is 1. The van der Waals surface area contributed by atoms with Gasteiger partial charge in [-0.3, -0.25) is 0 Å². The van der Waals surface area contributed by atoms with E-state index in [1.807, 2.05) is 55.5 Å². The van der Waals surface area contributed by atoms with Gasteiger partial charge in [-0.2, -0.15) is 0 Å². The highest BCUT2D eigenvalue weighted by Crippen LogP contribution is 2.44. The maximum Gasteiger partial charge on any atom is 0.0881 e. The zero-order valence-corrected chi connectivity index (χ0v) is 20.3. The molecule has 0 bridgehead atoms. The van der Waals surface area contributed by atoms with Gasteiger partial charge in [0.1, 0.15) is 0 Å². The Morgan fingerprint density at radius 1 is 1.12 bits per heavy atom. The summed E-state index contributed by atoms with van der Waals surface area (Å²) in [6, 6.07) is 10.0. The predicted octanol–water partition coefficient (Wildman–Crippen LogP) is 5.48. The van der Waals surface area contributed by atoms with Crippen LogP contribution >= 0.6 is 0 Å². The highest BCUT2D eigenvalue weighted by molar-refractivity contribution is 5.28. The Kier molecular flexibility index (Phi) is 10.4. The van der Waals surface area contributed by atoms with Gasteiger partial charge in [-0.1, -0.05) is 105 Å². The number of rotatable bonds is 12. The molecule has 2 aliphatic rings. The SMILES string of the molecule is CCCCCCC[C@H](O)/C=C/C(C)=C\[C@H]1[C@@H](O)[C@H](OCc2ccccc2)CC2=CC(O)C[C@H]21. The normalized spacial score (nSPS) is 28.7. The molecule has 0 radical (unpaired) electrons. The van der Waals surface area contributed by atoms with Crippen molar-refractivity contribution in [3.05, 3.63) is 71.3 Å². The summed E-state index contributed by atoms with van der Waals surface area (Å²) in [7, 11) is 0. The Hall–Kier alpha value is -1.72. The van der Waals surface area contributed by atoms with Crippen molar-refractivity contribution in [2.45, 2.75) is 96.2 Å². The predicted molar refractivity (Wildman–Crippen MR) is 134 cm³/mol. The third-order valence-electron chi connectivity index (χ3n) is 7.00. The van der Waals surface area contributed by atoms with Crippen LogP contribution in [0.4, 0.5) is 0 Å². The van der Waals surface area contributed by atoms with Crippen LogP contribution in [0.5, 0.6) is 0 Å². The molecule has 0 saturated heterocycles. The van der Waals surface area contributed by atoms with Crippen molar-refractivity contribution in [1.82, 2.24) is 0 Å². The molecular weight excluding hydrogens is 412 g/mol. The maximum atomic E-state index is 11.2. The summed E-state index contributed by atoms with van der Waals surface area (Å²) < 4.78 is 6.15. The second-order valence-electron chi connectivity index (χ2n) is 9.80. The van der Waals surface area contributed by atoms with E-state index in [9.17, 15) is 15.3 Å². The second kappa shape index (κ2) is 13.2. The number of hydrogen-bond donors (Lipinski definition) is 3. The van der Waals surface area contributed by atoms with Gasteiger partial charge in [-0.05, 0) is 37.7 Å². The molecule has 0 aliphatic heterocycles. The molecule has 1 saturated carbocycles. The van der Waals surface area contributed by atoms with Crippen molar-refractivity contribution in [3.63, 3.8) is 0 Å². The lowest BCUT2D eigenvalue weighted by molar-refractivity contribution is -0.0821. The van der Waals surface area contributed by atoms with E-state index < -0.39 is 18.3 Å². The number of hydrogen-bond acceptors (Lipinski definition) is 4. The molecule has 6 atom stereocenters. The van der Waals surface area contributed by atoms with Crippen molar-refractivity contribution in [1.29, 1.82) is 0 Å². The molecule has 2 aliphatic carbocycles. The molecule has 182 valence electrons. The molecule has 0 heterocycles. The first kappa shape index (κ1) is 25.9. The molecule has 0 amide bonds. The smallest absolute Gasteiger partial charge is 0.0881 e. The standard InChI is InChI=1S/C29H42O4/c1-3-4-5-6-10-13-24(30)15-14-21(2)16-27-26-19-25(31)17-23(26)18-28(29(27)32)33-20-22-11-8-7-9-12-22/h7-9,11-12,14-17,24-32H,3-6,10,13,18-20H2,1-2H3/b15-14+,21-16-/t24-,25?,26+,27+,28+,29+/m0/s1. The van der Waals surface area contributed by atoms with E-state index in [4.69, 9.17) is 4.74 Å². The first-order chi connectivity index (χ1) is 16.0. The summed E-state index contributed by atoms with van der Waals surface area (Å²) in [5, 5.41) is 31.7. The topological polar surface area (TPSA) is 69.9 Å². The van der Waals surface area contributed by atoms with Crippen LogP contribution in [-0.4, -0.2) is 39.7 Å². The Balaban J connectivity index is 1.61. The van der Waals surface area contributed by atoms with E-state index in [1.165, 1.54) is 31.3 Å². The molecule has 1 aromatic rings. The van der Waals surface area contributed by atoms with Gasteiger partial charge >= 0.3 is 0 Å². The van der Waals surface area contributed by atoms with Crippen molar-refractivity contribution in [2.24, 2.45) is 11.8 Å². The minimum atomic E-state index is -0.631. The summed E-state index contributed by atoms with van der Waals surface area (Å²) in [6.45, 7) is 4.68. The largest absolute Gasteiger partial charge is 0.390 e. The molecule has 0 aromatic heterocycles. The van der Waals surface area contributed by atoms with E-state index >= 15 is 0 Å². The molecule has 4 heteroatoms. The first-order valence-corrected chi connectivity index (χ1v) is 12.7. The molecular formula is C29H42O4. The summed E-state index contributed by atoms with van der Waals surface area (Å²) in [6.07, 6.45) is 14.1. The number of aliphatic hydroxyl groups excluding tert-OH is 3. The van der Waals surface area contributed by atoms with Crippen LogP contribution < -0.4 is 0 Å². The second-order valence-corrected chi connectivity index (χ2v) is 9.80. The zero-order chi connectivity index (χ0) is 23.6. The lowest BCUT2D eigenvalue weighted by Crippen LogP contribution is -2.43. The molecule has 3 rings (SSSR count). The van der Waals surface area contributed by atoms with Gasteiger partial charge in [0.15, 0.2) is 0 Å². The number of aliphatic hydroxyl groups is 3. The van der Waals surface area contributed by atoms with Crippen molar-refractivity contribution < 1.29 is 20.1 Å². The fourth-order valence-electron chi connectivity index (χ4n) is 5.14. The highest BCUT2D eigenvalue weighted by atomic mass is 16.5. The molecule has 3 N–H and O–H groups in total. The number of fused-ring (bicyclic) bond motifs is 1. The van der Waals surface area contributed by atoms with Gasteiger partial charge in [0.25, 0.3) is 0 Å². The van der Waals surface area contributed by atoms with E-state index in [1.54, 1.807) is 0 Å². The zero-order valence-electron chi connectivity index (χ0n) is 20.3. The quantitative estimate of drug-likeness (QED) is 0.222. The molecule has 1 fully saturated rings. The van der Waals surface area contributed by atoms with Gasteiger partial charge in [-0.15, -0.1) is 0 Å². The van der Waals surface area contributed by atoms with E-state index in [2.05, 4.69) is 13.0 Å². The van der Waals surface area contributed by atoms with E-state index in [0.717, 1.165) is 24.0 Å². The number of unbranched alkanes of at least 4 members (excludes halogenated alkanes) is 4. The summed E-state index contributed by atoms with van der Waals surface area (Å²) >= 11 is 0. The number of benzene rings is 1. The van der Waals surface area contributed by atoms with Gasteiger partial charge < -0.3 is 20.1 Å². The lowest BCUT2D eigenvalue weighted by Gasteiger charge is -2.39. The lowest BCUT2D eigenvalue weighted by atomic mass is 9.73. The minimum absolute atomic E-state index is 0.112.